The summed E-state index contributed by atoms with van der Waals surface area (Å²) in [5.74, 6) is -0.136. The number of hydrogen-bond acceptors (Lipinski definition) is 4. The highest BCUT2D eigenvalue weighted by molar-refractivity contribution is 6.46. The maximum absolute atomic E-state index is 13.6. The van der Waals surface area contributed by atoms with Crippen LogP contribution in [0.25, 0.3) is 5.57 Å². The van der Waals surface area contributed by atoms with Gasteiger partial charge in [-0.3, -0.25) is 9.59 Å². The van der Waals surface area contributed by atoms with E-state index in [1.807, 2.05) is 58.0 Å². The lowest BCUT2D eigenvalue weighted by atomic mass is 10.0. The van der Waals surface area contributed by atoms with Crippen LogP contribution in [0.15, 0.2) is 72.4 Å². The van der Waals surface area contributed by atoms with Crippen molar-refractivity contribution in [3.8, 4) is 5.75 Å². The number of rotatable bonds is 6. The molecule has 0 bridgehead atoms. The summed E-state index contributed by atoms with van der Waals surface area (Å²) in [5, 5.41) is 3.73. The molecule has 1 heterocycles. The second kappa shape index (κ2) is 9.12. The monoisotopic (exact) mass is 460 g/mol. The lowest BCUT2D eigenvalue weighted by Crippen LogP contribution is -2.32. The van der Waals surface area contributed by atoms with Gasteiger partial charge >= 0.3 is 0 Å². The molecular formula is C27H25ClN2O3. The zero-order chi connectivity index (χ0) is 23.7. The molecule has 0 atom stereocenters. The molecule has 0 fully saturated rings. The predicted octanol–water partition coefficient (Wildman–Crippen LogP) is 6.14. The Kier molecular flexibility index (Phi) is 6.25. The van der Waals surface area contributed by atoms with Crippen LogP contribution in [0.1, 0.15) is 30.5 Å². The molecule has 1 aliphatic heterocycles. The lowest BCUT2D eigenvalue weighted by molar-refractivity contribution is -0.120. The van der Waals surface area contributed by atoms with Crippen molar-refractivity contribution in [2.45, 2.75) is 33.8 Å². The first-order valence-electron chi connectivity index (χ1n) is 10.7. The summed E-state index contributed by atoms with van der Waals surface area (Å²) in [4.78, 5) is 28.3. The van der Waals surface area contributed by atoms with Crippen LogP contribution in [-0.4, -0.2) is 17.9 Å². The highest BCUT2D eigenvalue weighted by atomic mass is 35.5. The van der Waals surface area contributed by atoms with Crippen LogP contribution < -0.4 is 15.0 Å². The Hall–Kier alpha value is -3.57. The molecule has 1 N–H and O–H groups in total. The van der Waals surface area contributed by atoms with Gasteiger partial charge in [-0.25, -0.2) is 4.90 Å². The van der Waals surface area contributed by atoms with Crippen LogP contribution in [0.2, 0.25) is 5.02 Å². The number of benzene rings is 3. The number of carbonyl (C=O) groups excluding carboxylic acids is 2. The number of halogens is 1. The van der Waals surface area contributed by atoms with E-state index in [0.29, 0.717) is 33.3 Å². The third-order valence-corrected chi connectivity index (χ3v) is 5.59. The molecule has 1 aliphatic rings. The van der Waals surface area contributed by atoms with Crippen molar-refractivity contribution < 1.29 is 14.3 Å². The first-order valence-corrected chi connectivity index (χ1v) is 11.1. The maximum Gasteiger partial charge on any atom is 0.282 e. The van der Waals surface area contributed by atoms with Gasteiger partial charge in [0, 0.05) is 10.7 Å². The number of imide groups is 1. The minimum atomic E-state index is -0.424. The van der Waals surface area contributed by atoms with E-state index >= 15 is 0 Å². The number of hydrogen-bond donors (Lipinski definition) is 1. The zero-order valence-electron chi connectivity index (χ0n) is 19.0. The van der Waals surface area contributed by atoms with Crippen molar-refractivity contribution in [3.05, 3.63) is 94.1 Å². The highest BCUT2D eigenvalue weighted by Crippen LogP contribution is 2.35. The molecule has 0 radical (unpaired) electrons. The Morgan fingerprint density at radius 2 is 1.55 bits per heavy atom. The zero-order valence-corrected chi connectivity index (χ0v) is 19.7. The number of nitrogens with zero attached hydrogens (tertiary/aromatic N) is 1. The van der Waals surface area contributed by atoms with Crippen LogP contribution >= 0.6 is 11.6 Å². The van der Waals surface area contributed by atoms with Gasteiger partial charge in [-0.1, -0.05) is 47.5 Å². The average molecular weight is 461 g/mol. The van der Waals surface area contributed by atoms with Gasteiger partial charge < -0.3 is 10.1 Å². The van der Waals surface area contributed by atoms with Crippen molar-refractivity contribution in [1.29, 1.82) is 0 Å². The van der Waals surface area contributed by atoms with Gasteiger partial charge in [0.05, 0.1) is 17.4 Å². The molecule has 4 rings (SSSR count). The molecule has 0 spiro atoms. The molecule has 3 aromatic carbocycles. The number of carbonyl (C=O) groups is 2. The van der Waals surface area contributed by atoms with E-state index in [9.17, 15) is 9.59 Å². The van der Waals surface area contributed by atoms with Crippen molar-refractivity contribution in [1.82, 2.24) is 0 Å². The van der Waals surface area contributed by atoms with E-state index in [-0.39, 0.29) is 17.7 Å². The fourth-order valence-corrected chi connectivity index (χ4v) is 3.85. The minimum Gasteiger partial charge on any atom is -0.491 e. The van der Waals surface area contributed by atoms with Gasteiger partial charge in [-0.05, 0) is 75.2 Å². The number of amides is 2. The summed E-state index contributed by atoms with van der Waals surface area (Å²) < 4.78 is 5.69. The van der Waals surface area contributed by atoms with E-state index in [4.69, 9.17) is 16.3 Å². The minimum absolute atomic E-state index is 0.0254. The summed E-state index contributed by atoms with van der Waals surface area (Å²) >= 11 is 6.18. The van der Waals surface area contributed by atoms with Gasteiger partial charge in [0.15, 0.2) is 0 Å². The fourth-order valence-electron chi connectivity index (χ4n) is 3.68. The first-order chi connectivity index (χ1) is 15.7. The Bertz CT molecular complexity index is 1250. The molecule has 0 unspecified atom stereocenters. The molecule has 33 heavy (non-hydrogen) atoms. The molecule has 0 saturated heterocycles. The fraction of sp³-hybridized carbons (Fsp3) is 0.185. The lowest BCUT2D eigenvalue weighted by Gasteiger charge is -2.17. The second-order valence-corrected chi connectivity index (χ2v) is 8.74. The van der Waals surface area contributed by atoms with Gasteiger partial charge in [-0.2, -0.15) is 0 Å². The summed E-state index contributed by atoms with van der Waals surface area (Å²) in [7, 11) is 0. The smallest absolute Gasteiger partial charge is 0.282 e. The van der Waals surface area contributed by atoms with Crippen molar-refractivity contribution >= 4 is 40.4 Å². The molecule has 6 heteroatoms. The molecule has 2 amide bonds. The molecule has 0 saturated carbocycles. The van der Waals surface area contributed by atoms with Gasteiger partial charge in [0.2, 0.25) is 0 Å². The Morgan fingerprint density at radius 1 is 0.879 bits per heavy atom. The molecule has 0 aliphatic carbocycles. The SMILES string of the molecule is Cc1ccc(C2=C(Nc3cc(Cl)ccc3C)C(=O)N(c3ccc(OC(C)C)cc3)C2=O)cc1. The summed E-state index contributed by atoms with van der Waals surface area (Å²) in [6, 6.07) is 19.9. The van der Waals surface area contributed by atoms with Crippen molar-refractivity contribution in [3.63, 3.8) is 0 Å². The molecule has 0 aromatic heterocycles. The van der Waals surface area contributed by atoms with Crippen LogP contribution in [0.4, 0.5) is 11.4 Å². The largest absolute Gasteiger partial charge is 0.491 e. The van der Waals surface area contributed by atoms with E-state index in [0.717, 1.165) is 11.1 Å². The average Bonchev–Trinajstić information content (AvgIpc) is 3.01. The van der Waals surface area contributed by atoms with Gasteiger partial charge in [-0.15, -0.1) is 0 Å². The number of nitrogens with one attached hydrogen (secondary N) is 1. The van der Waals surface area contributed by atoms with Crippen molar-refractivity contribution in [2.24, 2.45) is 0 Å². The topological polar surface area (TPSA) is 58.6 Å². The Balaban J connectivity index is 1.77. The molecule has 3 aromatic rings. The quantitative estimate of drug-likeness (QED) is 0.449. The Morgan fingerprint density at radius 3 is 2.18 bits per heavy atom. The number of anilines is 2. The summed E-state index contributed by atoms with van der Waals surface area (Å²) in [6.45, 7) is 7.77. The third-order valence-electron chi connectivity index (χ3n) is 5.35. The second-order valence-electron chi connectivity index (χ2n) is 8.31. The standard InChI is InChI=1S/C27H25ClN2O3/c1-16(2)33-22-13-11-21(12-14-22)30-26(31)24(19-8-5-17(3)6-9-19)25(27(30)32)29-23-15-20(28)10-7-18(23)4/h5-16,29H,1-4H3. The molecular weight excluding hydrogens is 436 g/mol. The van der Waals surface area contributed by atoms with Crippen molar-refractivity contribution in [2.75, 3.05) is 10.2 Å². The van der Waals surface area contributed by atoms with Crippen LogP contribution in [-0.2, 0) is 9.59 Å². The van der Waals surface area contributed by atoms with E-state index in [1.165, 1.54) is 4.90 Å². The van der Waals surface area contributed by atoms with Crippen LogP contribution in [0.5, 0.6) is 5.75 Å². The maximum atomic E-state index is 13.6. The van der Waals surface area contributed by atoms with E-state index < -0.39 is 5.91 Å². The Labute approximate surface area is 198 Å². The highest BCUT2D eigenvalue weighted by Gasteiger charge is 2.40. The first kappa shape index (κ1) is 22.6. The summed E-state index contributed by atoms with van der Waals surface area (Å²) in [5.41, 5.74) is 4.33. The predicted molar refractivity (Wildman–Crippen MR) is 133 cm³/mol. The molecule has 168 valence electrons. The van der Waals surface area contributed by atoms with Gasteiger partial charge in [0.25, 0.3) is 11.8 Å². The van der Waals surface area contributed by atoms with Crippen LogP contribution in [0.3, 0.4) is 0 Å². The normalized spacial score (nSPS) is 13.8. The van der Waals surface area contributed by atoms with Gasteiger partial charge in [0.1, 0.15) is 11.4 Å². The number of aryl methyl sites for hydroxylation is 2. The van der Waals surface area contributed by atoms with E-state index in [2.05, 4.69) is 5.32 Å². The molecule has 5 nitrogen and oxygen atoms in total. The summed E-state index contributed by atoms with van der Waals surface area (Å²) in [6.07, 6.45) is 0.0254. The van der Waals surface area contributed by atoms with Crippen LogP contribution in [0, 0.1) is 13.8 Å². The third kappa shape index (κ3) is 4.64. The van der Waals surface area contributed by atoms with E-state index in [1.54, 1.807) is 36.4 Å². The number of ether oxygens (including phenoxy) is 1.